The Labute approximate surface area is 75.7 Å². The average molecular weight is 171 g/mol. The highest BCUT2D eigenvalue weighted by atomic mass is 16.5. The SMILES string of the molecule is CC(C)(C)OCCC1CCCN1. The molecule has 0 aliphatic carbocycles. The molecule has 0 aromatic rings. The highest BCUT2D eigenvalue weighted by molar-refractivity contribution is 4.74. The number of nitrogens with one attached hydrogen (secondary N) is 1. The lowest BCUT2D eigenvalue weighted by atomic mass is 10.1. The Kier molecular flexibility index (Phi) is 3.53. The first-order valence-corrected chi connectivity index (χ1v) is 4.95. The first-order valence-electron chi connectivity index (χ1n) is 4.95. The van der Waals surface area contributed by atoms with E-state index in [1.165, 1.54) is 19.4 Å². The van der Waals surface area contributed by atoms with Gasteiger partial charge in [-0.25, -0.2) is 0 Å². The fourth-order valence-corrected chi connectivity index (χ4v) is 1.51. The van der Waals surface area contributed by atoms with Gasteiger partial charge in [0.2, 0.25) is 0 Å². The summed E-state index contributed by atoms with van der Waals surface area (Å²) in [6, 6.07) is 0.715. The Hall–Kier alpha value is -0.0800. The summed E-state index contributed by atoms with van der Waals surface area (Å²) >= 11 is 0. The van der Waals surface area contributed by atoms with E-state index >= 15 is 0 Å². The van der Waals surface area contributed by atoms with Crippen LogP contribution >= 0.6 is 0 Å². The molecule has 2 nitrogen and oxygen atoms in total. The van der Waals surface area contributed by atoms with Gasteiger partial charge in [-0.2, -0.15) is 0 Å². The summed E-state index contributed by atoms with van der Waals surface area (Å²) in [5, 5.41) is 3.46. The van der Waals surface area contributed by atoms with Gasteiger partial charge in [0.25, 0.3) is 0 Å². The van der Waals surface area contributed by atoms with Crippen LogP contribution in [0.15, 0.2) is 0 Å². The van der Waals surface area contributed by atoms with Gasteiger partial charge < -0.3 is 10.1 Å². The van der Waals surface area contributed by atoms with Gasteiger partial charge in [-0.3, -0.25) is 0 Å². The number of ether oxygens (including phenoxy) is 1. The van der Waals surface area contributed by atoms with Gasteiger partial charge in [-0.15, -0.1) is 0 Å². The molecular formula is C10H21NO. The molecule has 1 aliphatic rings. The third-order valence-corrected chi connectivity index (χ3v) is 2.16. The summed E-state index contributed by atoms with van der Waals surface area (Å²) in [4.78, 5) is 0. The van der Waals surface area contributed by atoms with Gasteiger partial charge in [-0.1, -0.05) is 0 Å². The van der Waals surface area contributed by atoms with E-state index in [2.05, 4.69) is 26.1 Å². The zero-order valence-corrected chi connectivity index (χ0v) is 8.52. The molecule has 72 valence electrons. The maximum atomic E-state index is 5.65. The molecular weight excluding hydrogens is 150 g/mol. The van der Waals surface area contributed by atoms with Gasteiger partial charge in [0, 0.05) is 12.6 Å². The largest absolute Gasteiger partial charge is 0.376 e. The van der Waals surface area contributed by atoms with Crippen LogP contribution in [0.2, 0.25) is 0 Å². The van der Waals surface area contributed by atoms with Gasteiger partial charge in [0.15, 0.2) is 0 Å². The fraction of sp³-hybridized carbons (Fsp3) is 1.00. The molecule has 0 bridgehead atoms. The lowest BCUT2D eigenvalue weighted by Crippen LogP contribution is -2.26. The van der Waals surface area contributed by atoms with E-state index in [1.54, 1.807) is 0 Å². The molecule has 1 saturated heterocycles. The topological polar surface area (TPSA) is 21.3 Å². The summed E-state index contributed by atoms with van der Waals surface area (Å²) < 4.78 is 5.65. The van der Waals surface area contributed by atoms with E-state index in [0.29, 0.717) is 6.04 Å². The molecule has 1 heterocycles. The number of rotatable bonds is 3. The standard InChI is InChI=1S/C10H21NO/c1-10(2,3)12-8-6-9-5-4-7-11-9/h9,11H,4-8H2,1-3H3. The lowest BCUT2D eigenvalue weighted by Gasteiger charge is -2.20. The van der Waals surface area contributed by atoms with Crippen molar-refractivity contribution in [1.29, 1.82) is 0 Å². The van der Waals surface area contributed by atoms with Crippen molar-refractivity contribution in [2.75, 3.05) is 13.2 Å². The molecule has 0 aromatic heterocycles. The predicted molar refractivity (Wildman–Crippen MR) is 51.3 cm³/mol. The average Bonchev–Trinajstić information content (AvgIpc) is 2.36. The highest BCUT2D eigenvalue weighted by Gasteiger charge is 2.15. The minimum absolute atomic E-state index is 0.0264. The molecule has 1 atom stereocenters. The number of hydrogen-bond acceptors (Lipinski definition) is 2. The molecule has 1 fully saturated rings. The fourth-order valence-electron chi connectivity index (χ4n) is 1.51. The summed E-state index contributed by atoms with van der Waals surface area (Å²) in [6.07, 6.45) is 3.82. The first-order chi connectivity index (χ1) is 5.58. The van der Waals surface area contributed by atoms with Crippen molar-refractivity contribution in [1.82, 2.24) is 5.32 Å². The van der Waals surface area contributed by atoms with Gasteiger partial charge in [-0.05, 0) is 46.6 Å². The van der Waals surface area contributed by atoms with Crippen LogP contribution < -0.4 is 5.32 Å². The predicted octanol–water partition coefficient (Wildman–Crippen LogP) is 1.94. The summed E-state index contributed by atoms with van der Waals surface area (Å²) in [5.74, 6) is 0. The normalized spacial score (nSPS) is 24.8. The second-order valence-corrected chi connectivity index (χ2v) is 4.54. The molecule has 1 rings (SSSR count). The van der Waals surface area contributed by atoms with E-state index in [0.717, 1.165) is 13.0 Å². The van der Waals surface area contributed by atoms with Crippen LogP contribution in [0.4, 0.5) is 0 Å². The van der Waals surface area contributed by atoms with Crippen LogP contribution in [0.3, 0.4) is 0 Å². The monoisotopic (exact) mass is 171 g/mol. The van der Waals surface area contributed by atoms with Crippen LogP contribution in [0, 0.1) is 0 Å². The molecule has 0 saturated carbocycles. The Bertz CT molecular complexity index is 122. The van der Waals surface area contributed by atoms with Crippen molar-refractivity contribution in [2.24, 2.45) is 0 Å². The van der Waals surface area contributed by atoms with E-state index in [4.69, 9.17) is 4.74 Å². The molecule has 12 heavy (non-hydrogen) atoms. The Morgan fingerprint density at radius 3 is 2.67 bits per heavy atom. The van der Waals surface area contributed by atoms with Gasteiger partial charge in [0.05, 0.1) is 5.60 Å². The molecule has 0 radical (unpaired) electrons. The van der Waals surface area contributed by atoms with Crippen molar-refractivity contribution in [3.8, 4) is 0 Å². The third-order valence-electron chi connectivity index (χ3n) is 2.16. The minimum Gasteiger partial charge on any atom is -0.376 e. The van der Waals surface area contributed by atoms with Crippen molar-refractivity contribution >= 4 is 0 Å². The molecule has 1 aliphatic heterocycles. The van der Waals surface area contributed by atoms with Gasteiger partial charge in [0.1, 0.15) is 0 Å². The lowest BCUT2D eigenvalue weighted by molar-refractivity contribution is -0.00656. The van der Waals surface area contributed by atoms with E-state index in [9.17, 15) is 0 Å². The quantitative estimate of drug-likeness (QED) is 0.700. The molecule has 2 heteroatoms. The van der Waals surface area contributed by atoms with Crippen molar-refractivity contribution < 1.29 is 4.74 Å². The van der Waals surface area contributed by atoms with E-state index in [-0.39, 0.29) is 5.60 Å². The zero-order valence-electron chi connectivity index (χ0n) is 8.52. The molecule has 1 N–H and O–H groups in total. The smallest absolute Gasteiger partial charge is 0.0598 e. The Morgan fingerprint density at radius 1 is 1.42 bits per heavy atom. The Balaban J connectivity index is 2.02. The third kappa shape index (κ3) is 4.07. The molecule has 0 aromatic carbocycles. The first kappa shape index (κ1) is 10.0. The van der Waals surface area contributed by atoms with Crippen molar-refractivity contribution in [3.05, 3.63) is 0 Å². The zero-order chi connectivity index (χ0) is 9.03. The van der Waals surface area contributed by atoms with Crippen LogP contribution in [0.5, 0.6) is 0 Å². The molecule has 1 unspecified atom stereocenters. The summed E-state index contributed by atoms with van der Waals surface area (Å²) in [6.45, 7) is 8.40. The van der Waals surface area contributed by atoms with Crippen LogP contribution in [-0.4, -0.2) is 24.8 Å². The Morgan fingerprint density at radius 2 is 2.17 bits per heavy atom. The summed E-state index contributed by atoms with van der Waals surface area (Å²) in [7, 11) is 0. The summed E-state index contributed by atoms with van der Waals surface area (Å²) in [5.41, 5.74) is 0.0264. The van der Waals surface area contributed by atoms with Gasteiger partial charge >= 0.3 is 0 Å². The second kappa shape index (κ2) is 4.24. The van der Waals surface area contributed by atoms with Crippen LogP contribution in [0.1, 0.15) is 40.0 Å². The minimum atomic E-state index is 0.0264. The maximum Gasteiger partial charge on any atom is 0.0598 e. The van der Waals surface area contributed by atoms with Crippen molar-refractivity contribution in [2.45, 2.75) is 51.7 Å². The van der Waals surface area contributed by atoms with E-state index < -0.39 is 0 Å². The highest BCUT2D eigenvalue weighted by Crippen LogP contribution is 2.12. The second-order valence-electron chi connectivity index (χ2n) is 4.54. The maximum absolute atomic E-state index is 5.65. The molecule has 0 amide bonds. The van der Waals surface area contributed by atoms with Crippen LogP contribution in [0.25, 0.3) is 0 Å². The molecule has 0 spiro atoms. The van der Waals surface area contributed by atoms with E-state index in [1.807, 2.05) is 0 Å². The van der Waals surface area contributed by atoms with Crippen molar-refractivity contribution in [3.63, 3.8) is 0 Å². The number of hydrogen-bond donors (Lipinski definition) is 1. The van der Waals surface area contributed by atoms with Crippen LogP contribution in [-0.2, 0) is 4.74 Å².